The van der Waals surface area contributed by atoms with E-state index in [0.717, 1.165) is 24.6 Å². The van der Waals surface area contributed by atoms with E-state index in [-0.39, 0.29) is 12.5 Å². The average Bonchev–Trinajstić information content (AvgIpc) is 3.06. The molecule has 1 aliphatic rings. The summed E-state index contributed by atoms with van der Waals surface area (Å²) in [6.07, 6.45) is 4.79. The van der Waals surface area contributed by atoms with Crippen molar-refractivity contribution >= 4 is 17.5 Å². The van der Waals surface area contributed by atoms with Crippen LogP contribution < -0.4 is 15.5 Å². The largest absolute Gasteiger partial charge is 0.386 e. The maximum atomic E-state index is 12.3. The second-order valence-corrected chi connectivity index (χ2v) is 6.45. The zero-order valence-corrected chi connectivity index (χ0v) is 14.6. The Morgan fingerprint density at radius 3 is 3.00 bits per heavy atom. The lowest BCUT2D eigenvalue weighted by Gasteiger charge is -2.39. The lowest BCUT2D eigenvalue weighted by Crippen LogP contribution is -2.54. The van der Waals surface area contributed by atoms with E-state index >= 15 is 0 Å². The van der Waals surface area contributed by atoms with E-state index < -0.39 is 5.60 Å². The van der Waals surface area contributed by atoms with Gasteiger partial charge in [-0.3, -0.25) is 4.79 Å². The van der Waals surface area contributed by atoms with Gasteiger partial charge in [0.2, 0.25) is 0 Å². The molecular weight excluding hydrogens is 320 g/mol. The smallest absolute Gasteiger partial charge is 0.267 e. The Bertz CT molecular complexity index is 746. The van der Waals surface area contributed by atoms with Gasteiger partial charge in [-0.1, -0.05) is 0 Å². The third-order valence-corrected chi connectivity index (χ3v) is 4.54. The number of nitrogens with one attached hydrogen (secondary N) is 2. The maximum Gasteiger partial charge on any atom is 0.267 e. The lowest BCUT2D eigenvalue weighted by molar-refractivity contribution is 0.0253. The highest BCUT2D eigenvalue weighted by atomic mass is 16.3. The summed E-state index contributed by atoms with van der Waals surface area (Å²) in [6, 6.07) is 5.43. The van der Waals surface area contributed by atoms with Gasteiger partial charge in [0.15, 0.2) is 0 Å². The second kappa shape index (κ2) is 7.10. The molecule has 1 aliphatic heterocycles. The molecule has 1 amide bonds. The van der Waals surface area contributed by atoms with Gasteiger partial charge in [0, 0.05) is 46.0 Å². The number of aromatic nitrogens is 3. The Labute approximate surface area is 146 Å². The molecule has 8 nitrogen and oxygen atoms in total. The molecule has 0 radical (unpaired) electrons. The summed E-state index contributed by atoms with van der Waals surface area (Å²) < 4.78 is 1.76. The highest BCUT2D eigenvalue weighted by molar-refractivity contribution is 5.92. The molecule has 25 heavy (non-hydrogen) atoms. The molecule has 1 saturated heterocycles. The number of nitrogens with zero attached hydrogens (tertiary/aromatic N) is 4. The molecular formula is C17H24N6O2. The summed E-state index contributed by atoms with van der Waals surface area (Å²) in [7, 11) is 3.62. The van der Waals surface area contributed by atoms with Crippen molar-refractivity contribution in [1.29, 1.82) is 0 Å². The molecule has 2 aromatic heterocycles. The van der Waals surface area contributed by atoms with Crippen molar-refractivity contribution in [2.24, 2.45) is 7.05 Å². The van der Waals surface area contributed by atoms with Crippen LogP contribution in [0.2, 0.25) is 0 Å². The van der Waals surface area contributed by atoms with E-state index in [2.05, 4.69) is 20.6 Å². The van der Waals surface area contributed by atoms with Gasteiger partial charge in [0.05, 0.1) is 5.60 Å². The molecule has 0 aliphatic carbocycles. The molecule has 3 rings (SSSR count). The number of aliphatic hydroxyl groups is 1. The predicted octanol–water partition coefficient (Wildman–Crippen LogP) is 0.618. The minimum atomic E-state index is -0.982. The van der Waals surface area contributed by atoms with Gasteiger partial charge in [0.25, 0.3) is 5.91 Å². The molecule has 3 heterocycles. The van der Waals surface area contributed by atoms with E-state index in [9.17, 15) is 9.90 Å². The molecule has 8 heteroatoms. The number of piperidine rings is 1. The molecule has 0 aromatic carbocycles. The zero-order chi connectivity index (χ0) is 17.9. The number of hydrogen-bond donors (Lipinski definition) is 3. The molecule has 0 saturated carbocycles. The maximum absolute atomic E-state index is 12.3. The summed E-state index contributed by atoms with van der Waals surface area (Å²) in [4.78, 5) is 22.7. The van der Waals surface area contributed by atoms with Crippen molar-refractivity contribution in [3.63, 3.8) is 0 Å². The Morgan fingerprint density at radius 1 is 1.44 bits per heavy atom. The van der Waals surface area contributed by atoms with E-state index in [4.69, 9.17) is 0 Å². The quantitative estimate of drug-likeness (QED) is 0.736. The van der Waals surface area contributed by atoms with Crippen LogP contribution in [-0.2, 0) is 7.05 Å². The van der Waals surface area contributed by atoms with Gasteiger partial charge in [-0.25, -0.2) is 9.97 Å². The number of anilines is 2. The summed E-state index contributed by atoms with van der Waals surface area (Å²) in [5.74, 6) is 1.32. The van der Waals surface area contributed by atoms with Gasteiger partial charge in [-0.15, -0.1) is 0 Å². The van der Waals surface area contributed by atoms with Crippen LogP contribution in [0.4, 0.5) is 11.6 Å². The predicted molar refractivity (Wildman–Crippen MR) is 95.7 cm³/mol. The van der Waals surface area contributed by atoms with Crippen LogP contribution in [-0.4, -0.2) is 57.8 Å². The topological polar surface area (TPSA) is 95.3 Å². The fourth-order valence-corrected chi connectivity index (χ4v) is 3.14. The summed E-state index contributed by atoms with van der Waals surface area (Å²) in [6.45, 7) is 1.44. The van der Waals surface area contributed by atoms with E-state index in [1.165, 1.54) is 6.33 Å². The van der Waals surface area contributed by atoms with E-state index in [1.54, 1.807) is 17.7 Å². The molecule has 0 unspecified atom stereocenters. The standard InChI is InChI=1S/C17H24N6O2/c1-18-14-9-15(21-12-20-14)23-8-4-6-17(25,11-23)10-19-16(24)13-5-3-7-22(13)2/h3,5,7,9,12,25H,4,6,8,10-11H2,1-2H3,(H,19,24)(H,18,20,21)/t17-/m0/s1. The number of carbonyl (C=O) groups is 1. The molecule has 2 aromatic rings. The fraction of sp³-hybridized carbons (Fsp3) is 0.471. The van der Waals surface area contributed by atoms with Gasteiger partial charge in [-0.05, 0) is 25.0 Å². The van der Waals surface area contributed by atoms with Crippen molar-refractivity contribution in [2.45, 2.75) is 18.4 Å². The molecule has 0 spiro atoms. The first-order chi connectivity index (χ1) is 12.0. The number of β-amino-alcohol motifs (C(OH)–C–C–N with tert-alkyl or cyclic N) is 1. The van der Waals surface area contributed by atoms with Gasteiger partial charge in [-0.2, -0.15) is 0 Å². The number of amides is 1. The average molecular weight is 344 g/mol. The fourth-order valence-electron chi connectivity index (χ4n) is 3.14. The summed E-state index contributed by atoms with van der Waals surface area (Å²) in [5.41, 5.74) is -0.408. The summed E-state index contributed by atoms with van der Waals surface area (Å²) >= 11 is 0. The monoisotopic (exact) mass is 344 g/mol. The van der Waals surface area contributed by atoms with Crippen LogP contribution in [0.25, 0.3) is 0 Å². The summed E-state index contributed by atoms with van der Waals surface area (Å²) in [5, 5.41) is 16.8. The van der Waals surface area contributed by atoms with Crippen LogP contribution in [0, 0.1) is 0 Å². The van der Waals surface area contributed by atoms with Gasteiger partial charge >= 0.3 is 0 Å². The van der Waals surface area contributed by atoms with E-state index in [1.807, 2.05) is 30.3 Å². The van der Waals surface area contributed by atoms with Crippen LogP contribution in [0.1, 0.15) is 23.3 Å². The van der Waals surface area contributed by atoms with Crippen molar-refractivity contribution in [3.8, 4) is 0 Å². The van der Waals surface area contributed by atoms with Crippen molar-refractivity contribution in [2.75, 3.05) is 36.9 Å². The number of hydrogen-bond acceptors (Lipinski definition) is 6. The minimum absolute atomic E-state index is 0.183. The minimum Gasteiger partial charge on any atom is -0.386 e. The first-order valence-corrected chi connectivity index (χ1v) is 8.37. The normalized spacial score (nSPS) is 20.4. The SMILES string of the molecule is CNc1cc(N2CCC[C@](O)(CNC(=O)c3cccn3C)C2)ncn1. The Kier molecular flexibility index (Phi) is 4.89. The zero-order valence-electron chi connectivity index (χ0n) is 14.6. The van der Waals surface area contributed by atoms with Crippen LogP contribution in [0.5, 0.6) is 0 Å². The van der Waals surface area contributed by atoms with Crippen LogP contribution >= 0.6 is 0 Å². The van der Waals surface area contributed by atoms with Gasteiger partial charge < -0.3 is 25.2 Å². The number of carbonyl (C=O) groups excluding carboxylic acids is 1. The van der Waals surface area contributed by atoms with Crippen LogP contribution in [0.3, 0.4) is 0 Å². The number of rotatable bonds is 5. The Hall–Kier alpha value is -2.61. The third kappa shape index (κ3) is 3.90. The Balaban J connectivity index is 1.65. The van der Waals surface area contributed by atoms with Crippen LogP contribution in [0.15, 0.2) is 30.7 Å². The molecule has 1 fully saturated rings. The van der Waals surface area contributed by atoms with Crippen molar-refractivity contribution in [3.05, 3.63) is 36.4 Å². The third-order valence-electron chi connectivity index (χ3n) is 4.54. The van der Waals surface area contributed by atoms with E-state index in [0.29, 0.717) is 18.7 Å². The van der Waals surface area contributed by atoms with Crippen molar-refractivity contribution in [1.82, 2.24) is 19.9 Å². The molecule has 134 valence electrons. The Morgan fingerprint density at radius 2 is 2.28 bits per heavy atom. The first kappa shape index (κ1) is 17.2. The number of aryl methyl sites for hydroxylation is 1. The van der Waals surface area contributed by atoms with Crippen molar-refractivity contribution < 1.29 is 9.90 Å². The molecule has 0 bridgehead atoms. The highest BCUT2D eigenvalue weighted by Crippen LogP contribution is 2.25. The first-order valence-electron chi connectivity index (χ1n) is 8.37. The lowest BCUT2D eigenvalue weighted by atomic mass is 9.92. The molecule has 3 N–H and O–H groups in total. The second-order valence-electron chi connectivity index (χ2n) is 6.45. The molecule has 1 atom stereocenters. The van der Waals surface area contributed by atoms with Gasteiger partial charge in [0.1, 0.15) is 23.7 Å². The highest BCUT2D eigenvalue weighted by Gasteiger charge is 2.34.